The molecule has 0 saturated carbocycles. The van der Waals surface area contributed by atoms with Crippen LogP contribution in [0.5, 0.6) is 0 Å². The predicted octanol–water partition coefficient (Wildman–Crippen LogP) is -55.7. The summed E-state index contributed by atoms with van der Waals surface area (Å²) in [6.45, 7) is 14.1. The molecule has 0 aliphatic heterocycles. The molecule has 0 heterocycles. The third-order valence-electron chi connectivity index (χ3n) is 16.3. The third-order valence-corrected chi connectivity index (χ3v) is 147. The molecule has 0 bridgehead atoms. The van der Waals surface area contributed by atoms with Crippen molar-refractivity contribution in [1.82, 2.24) is 0 Å². The summed E-state index contributed by atoms with van der Waals surface area (Å²) in [6, 6.07) is 0. The van der Waals surface area contributed by atoms with Crippen molar-refractivity contribution in [3.05, 3.63) is 0 Å². The second-order valence-corrected chi connectivity index (χ2v) is 139. The molecule has 0 saturated heterocycles. The van der Waals surface area contributed by atoms with Gasteiger partial charge in [-0.05, 0) is 52.4 Å². The minimum absolute atomic E-state index is 0.0352. The van der Waals surface area contributed by atoms with E-state index in [9.17, 15) is 0 Å². The van der Waals surface area contributed by atoms with E-state index in [1.807, 2.05) is 19.6 Å². The number of hydrogen-bond donors (Lipinski definition) is 0. The highest BCUT2D eigenvalue weighted by Gasteiger charge is 2.84. The van der Waals surface area contributed by atoms with E-state index in [4.69, 9.17) is 255 Å². The Morgan fingerprint density at radius 2 is 0.278 bits per heavy atom. The first kappa shape index (κ1) is 144. The Hall–Kier alpha value is 11.2. The van der Waals surface area contributed by atoms with Crippen molar-refractivity contribution in [3.63, 3.8) is 0 Å². The van der Waals surface area contributed by atoms with Crippen LogP contribution in [-0.4, -0.2) is 626 Å². The molecule has 3 unspecified atom stereocenters. The molecular weight excluding hydrogens is 2860 g/mol. The lowest BCUT2D eigenvalue weighted by Crippen LogP contribution is -2.82. The van der Waals surface area contributed by atoms with Crippen molar-refractivity contribution in [3.8, 4) is 0 Å². The molecule has 0 rings (SSSR count). The highest BCUT2D eigenvalue weighted by molar-refractivity contribution is 6.97. The van der Waals surface area contributed by atoms with Crippen LogP contribution in [0.3, 0.4) is 0 Å². The highest BCUT2D eigenvalue weighted by atomic mass is 28.7. The second kappa shape index (κ2) is 66.2. The van der Waals surface area contributed by atoms with Gasteiger partial charge >= 0.3 is 198 Å². The average molecular weight is 3000 g/mol. The minimum atomic E-state index is -7.49. The van der Waals surface area contributed by atoms with E-state index >= 15 is 0 Å². The maximum absolute atomic E-state index is 8.39. The van der Waals surface area contributed by atoms with Gasteiger partial charge in [0.1, 0.15) is 409 Å². The van der Waals surface area contributed by atoms with E-state index in [2.05, 4.69) is 0 Å². The van der Waals surface area contributed by atoms with Crippen LogP contribution in [-0.2, 0) is 255 Å². The summed E-state index contributed by atoms with van der Waals surface area (Å²) >= 11 is 0. The smallest absolute Gasteiger partial charge is 0.447 e. The van der Waals surface area contributed by atoms with Gasteiger partial charge in [-0.2, -0.15) is 0 Å². The molecule has 800 valence electrons. The van der Waals surface area contributed by atoms with Gasteiger partial charge in [-0.25, -0.2) is 0 Å². The van der Waals surface area contributed by atoms with Gasteiger partial charge in [-0.1, -0.05) is 0 Å². The largest absolute Gasteiger partial charge is 0.656 e. The first-order chi connectivity index (χ1) is 62.1. The lowest BCUT2D eigenvalue weighted by atomic mass is 11.8. The zero-order valence-electron chi connectivity index (χ0n) is 84.6. The van der Waals surface area contributed by atoms with Gasteiger partial charge in [0.25, 0.3) is 10.0 Å². The molecule has 0 amide bonds. The summed E-state index contributed by atoms with van der Waals surface area (Å²) in [5.41, 5.74) is 0. The van der Waals surface area contributed by atoms with Crippen LogP contribution in [0, 0.1) is 0 Å². The van der Waals surface area contributed by atoms with Crippen molar-refractivity contribution in [2.24, 2.45) is 0 Å². The summed E-state index contributed by atoms with van der Waals surface area (Å²) in [4.78, 5) is 0. The maximum atomic E-state index is 8.39. The summed E-state index contributed by atoms with van der Waals surface area (Å²) in [5.74, 6) is 0. The zero-order valence-corrected chi connectivity index (χ0v) is 187. The number of hydrogen-bond acceptors (Lipinski definition) is 62. The monoisotopic (exact) mass is 3000 g/mol. The van der Waals surface area contributed by atoms with Crippen molar-refractivity contribution in [2.75, 3.05) is 0 Å². The molecule has 3 atom stereocenters. The Morgan fingerprint density at radius 3 is 0.436 bits per heavy atom. The number of rotatable bonds is 85. The van der Waals surface area contributed by atoms with E-state index < -0.39 is 217 Å². The molecule has 62 nitrogen and oxygen atoms in total. The van der Waals surface area contributed by atoms with Crippen molar-refractivity contribution < 1.29 is 255 Å². The topological polar surface area (TPSA) is 572 Å². The second-order valence-electron chi connectivity index (χ2n) is 25.5. The molecule has 0 aromatic carbocycles. The van der Waals surface area contributed by atoms with Crippen LogP contribution in [0.4, 0.5) is 0 Å². The lowest BCUT2D eigenvalue weighted by Gasteiger charge is -2.50. The molecular formula is C8H144O62Si63. The molecule has 0 radical (unpaired) electrons. The van der Waals surface area contributed by atoms with E-state index in [0.717, 1.165) is 0 Å². The van der Waals surface area contributed by atoms with Crippen molar-refractivity contribution in [1.29, 1.82) is 0 Å². The predicted molar refractivity (Wildman–Crippen MR) is 644 cm³/mol. The molecule has 0 spiro atoms. The van der Waals surface area contributed by atoms with E-state index in [1.54, 1.807) is 19.6 Å². The van der Waals surface area contributed by atoms with E-state index in [0.29, 0.717) is 0 Å². The first-order valence-electron chi connectivity index (χ1n) is 37.6. The Balaban J connectivity index is 13.7. The molecule has 0 aliphatic carbocycles. The molecule has 133 heavy (non-hydrogen) atoms. The fourth-order valence-corrected chi connectivity index (χ4v) is 192. The minimum Gasteiger partial charge on any atom is -0.447 e. The van der Waals surface area contributed by atoms with E-state index in [-0.39, 0.29) is 409 Å². The SMILES string of the molecule is C[SiH](O[SiH3])O[Si](O[SiH3])(O[SiH3])O[Si](O[Si](O[SiH3])(O[SiH3])O[SiH3])(O[Si](O[Si](C)(C)O[SiH2]O[Si](O[SiH3])(O[SiH3])O[Si](O[SiH3])(O[Si](C)(C)O[Si](C)(C)C)O[Si](O[SiH3])(O[SiH3])O[SiH3])(O[Si](O[Si](O[SiH3])(O[SiH3])O[SiH3])(O[Si](O[SiH3])(O[SiH3])O[SiH3])O[Si](O[SiH3])(O[SiH3])O[SiH3])O[Si](O[Si](O[SiH3])(O[SiH3])O[SiH3])(O[Si](O[SiH3])(O[SiH3])O[SiH3])O[Si](O[SiH3])(O[SiH3])O[SiH3])O[Si](O[Si](O[SiH3])(O[SiH3])O[SiH3])(O[Si](O[SiH3])(O[SiH3])O[SiH3])O[Si](O[SiH3])(O[SiH3])O[SiH3]. The molecule has 125 heteroatoms. The Labute approximate surface area is 922 Å². The standard InChI is InChI=1S/C8H144O62Si63/c1-111(9-71)50-127(45-107,46-108)66-133(64-125(40-102,41-103)42-104,70-132(61-122(31-93,32-94)33-95,62-123(34-96,35-97)36-98)63-124(37-99,38-100)39-101)69-129(67-130(55-116(13-75,14-76)15-77,56-117(16-78,17-79)18-80)57-118(19-81,20-82)21-83,68-131(58-119(22-84,23-85)24-86,59-120(25-87,26-88)27-89)60-121(28-90,29-91)30-92)52-113(5,6)48-110-49-126(43-105,44-106)65-128(47-109,54-115(10-72,11-73)12-74)53-114(7,8)51-112(2,3)4/h111H,110H2,1-8,71-109H3. The van der Waals surface area contributed by atoms with Gasteiger partial charge in [0.2, 0.25) is 0 Å². The lowest BCUT2D eigenvalue weighted by molar-refractivity contribution is -0.0551. The quantitative estimate of drug-likeness (QED) is 0.0510. The Kier molecular flexibility index (Phi) is 71.7. The summed E-state index contributed by atoms with van der Waals surface area (Å²) in [7, 11) is -132. The fourth-order valence-electron chi connectivity index (χ4n) is 10.0. The zero-order chi connectivity index (χ0) is 103. The van der Waals surface area contributed by atoms with Crippen LogP contribution < -0.4 is 0 Å². The van der Waals surface area contributed by atoms with Gasteiger partial charge in [0.05, 0.1) is 0 Å². The van der Waals surface area contributed by atoms with Crippen molar-refractivity contribution >= 4 is 626 Å². The maximum Gasteiger partial charge on any atom is 0.656 e. The molecule has 0 aromatic rings. The average Bonchev–Trinajstić information content (AvgIpc) is 0.725. The van der Waals surface area contributed by atoms with Gasteiger partial charge in [-0.3, -0.25) is 0 Å². The van der Waals surface area contributed by atoms with Crippen LogP contribution in [0.2, 0.25) is 52.4 Å². The van der Waals surface area contributed by atoms with Gasteiger partial charge in [0.15, 0.2) is 8.32 Å². The van der Waals surface area contributed by atoms with Crippen LogP contribution in [0.25, 0.3) is 0 Å². The van der Waals surface area contributed by atoms with Gasteiger partial charge in [0, 0.05) is 0 Å². The molecule has 0 aromatic heterocycles. The first-order valence-corrected chi connectivity index (χ1v) is 113. The van der Waals surface area contributed by atoms with Gasteiger partial charge < -0.3 is 255 Å². The third kappa shape index (κ3) is 42.2. The summed E-state index contributed by atoms with van der Waals surface area (Å²) in [6.07, 6.45) is 0. The molecule has 0 N–H and O–H groups in total. The Bertz CT molecular complexity index is 2750. The molecule has 0 aliphatic rings. The van der Waals surface area contributed by atoms with Gasteiger partial charge in [-0.15, -0.1) is 0 Å². The normalized spacial score (nSPS) is 22.9. The highest BCUT2D eigenvalue weighted by Crippen LogP contribution is 2.45. The van der Waals surface area contributed by atoms with Crippen LogP contribution >= 0.6 is 0 Å². The van der Waals surface area contributed by atoms with Crippen molar-refractivity contribution in [2.45, 2.75) is 52.4 Å². The Morgan fingerprint density at radius 1 is 0.143 bits per heavy atom. The van der Waals surface area contributed by atoms with Crippen LogP contribution in [0.15, 0.2) is 0 Å². The van der Waals surface area contributed by atoms with Crippen LogP contribution in [0.1, 0.15) is 0 Å². The van der Waals surface area contributed by atoms with E-state index in [1.165, 1.54) is 13.1 Å². The fraction of sp³-hybridized carbons (Fsp3) is 1.00. The summed E-state index contributed by atoms with van der Waals surface area (Å²) < 4.78 is 424. The molecule has 0 fully saturated rings. The summed E-state index contributed by atoms with van der Waals surface area (Å²) in [5, 5.41) is 0.